The fraction of sp³-hybridized carbons (Fsp3) is 0.458. The third-order valence-corrected chi connectivity index (χ3v) is 6.95. The number of amides is 1. The second-order valence-electron chi connectivity index (χ2n) is 9.27. The van der Waals surface area contributed by atoms with Crippen molar-refractivity contribution in [3.8, 4) is 0 Å². The molecule has 176 valence electrons. The van der Waals surface area contributed by atoms with Gasteiger partial charge in [0.2, 0.25) is 0 Å². The van der Waals surface area contributed by atoms with Crippen LogP contribution in [-0.4, -0.2) is 45.3 Å². The molecule has 1 saturated carbocycles. The standard InChI is InChI=1S/C24H30FN5O2S/c1-14-5-4-6-17(14)30-19-10-22(29-15-7-8-18-20(9-15)33-13-28-18)26-11-16(19)23(31)27-12-21(25)24(2,3)32/h7-11,13-14,17,21,32H,4-6,12H2,1-3H3,(H,27,31)(H2,26,29,30). The molecule has 3 unspecified atom stereocenters. The third-order valence-electron chi connectivity index (χ3n) is 6.16. The third kappa shape index (κ3) is 5.59. The quantitative estimate of drug-likeness (QED) is 0.374. The number of hydrogen-bond acceptors (Lipinski definition) is 7. The second-order valence-corrected chi connectivity index (χ2v) is 10.2. The molecule has 9 heteroatoms. The number of anilines is 3. The molecule has 1 aliphatic carbocycles. The maximum atomic E-state index is 14.1. The number of alkyl halides is 1. The molecule has 2 heterocycles. The first-order valence-electron chi connectivity index (χ1n) is 11.2. The van der Waals surface area contributed by atoms with Crippen molar-refractivity contribution in [3.63, 3.8) is 0 Å². The van der Waals surface area contributed by atoms with E-state index in [4.69, 9.17) is 0 Å². The van der Waals surface area contributed by atoms with Crippen LogP contribution >= 0.6 is 11.3 Å². The topological polar surface area (TPSA) is 99.2 Å². The number of nitrogens with zero attached hydrogens (tertiary/aromatic N) is 2. The maximum Gasteiger partial charge on any atom is 0.255 e. The number of aliphatic hydroxyl groups is 1. The minimum atomic E-state index is -1.58. The van der Waals surface area contributed by atoms with Gasteiger partial charge in [0, 0.05) is 24.0 Å². The minimum absolute atomic E-state index is 0.255. The fourth-order valence-corrected chi connectivity index (χ4v) is 4.71. The van der Waals surface area contributed by atoms with Crippen molar-refractivity contribution in [2.24, 2.45) is 5.92 Å². The molecule has 1 amide bonds. The highest BCUT2D eigenvalue weighted by Crippen LogP contribution is 2.31. The van der Waals surface area contributed by atoms with E-state index in [2.05, 4.69) is 32.8 Å². The van der Waals surface area contributed by atoms with Gasteiger partial charge in [0.15, 0.2) is 0 Å². The van der Waals surface area contributed by atoms with E-state index >= 15 is 0 Å². The zero-order valence-electron chi connectivity index (χ0n) is 19.1. The van der Waals surface area contributed by atoms with Gasteiger partial charge in [-0.25, -0.2) is 14.4 Å². The summed E-state index contributed by atoms with van der Waals surface area (Å²) in [7, 11) is 0. The number of fused-ring (bicyclic) bond motifs is 1. The molecule has 2 aromatic heterocycles. The number of halogens is 1. The molecule has 4 N–H and O–H groups in total. The number of rotatable bonds is 8. The van der Waals surface area contributed by atoms with Crippen molar-refractivity contribution >= 4 is 44.7 Å². The van der Waals surface area contributed by atoms with E-state index < -0.39 is 17.7 Å². The molecule has 7 nitrogen and oxygen atoms in total. The van der Waals surface area contributed by atoms with Crippen LogP contribution in [0.15, 0.2) is 36.0 Å². The molecule has 4 rings (SSSR count). The summed E-state index contributed by atoms with van der Waals surface area (Å²) in [6, 6.07) is 7.98. The lowest BCUT2D eigenvalue weighted by Crippen LogP contribution is -2.42. The Morgan fingerprint density at radius 3 is 2.85 bits per heavy atom. The average molecular weight is 472 g/mol. The molecular weight excluding hydrogens is 441 g/mol. The van der Waals surface area contributed by atoms with E-state index in [0.717, 1.165) is 35.2 Å². The largest absolute Gasteiger partial charge is 0.387 e. The molecule has 3 aromatic rings. The predicted molar refractivity (Wildman–Crippen MR) is 131 cm³/mol. The molecule has 0 bridgehead atoms. The highest BCUT2D eigenvalue weighted by atomic mass is 32.1. The number of carbonyl (C=O) groups is 1. The van der Waals surface area contributed by atoms with E-state index in [1.807, 2.05) is 29.8 Å². The molecule has 1 aromatic carbocycles. The van der Waals surface area contributed by atoms with E-state index in [-0.39, 0.29) is 12.6 Å². The van der Waals surface area contributed by atoms with Crippen LogP contribution in [-0.2, 0) is 0 Å². The monoisotopic (exact) mass is 471 g/mol. The smallest absolute Gasteiger partial charge is 0.255 e. The van der Waals surface area contributed by atoms with Gasteiger partial charge in [-0.05, 0) is 50.8 Å². The molecular formula is C24H30FN5O2S. The Kier molecular flexibility index (Phi) is 6.81. The van der Waals surface area contributed by atoms with E-state index in [1.165, 1.54) is 20.0 Å². The van der Waals surface area contributed by atoms with Crippen molar-refractivity contribution in [1.82, 2.24) is 15.3 Å². The molecule has 1 fully saturated rings. The Hall–Kier alpha value is -2.78. The van der Waals surface area contributed by atoms with E-state index in [0.29, 0.717) is 23.0 Å². The summed E-state index contributed by atoms with van der Waals surface area (Å²) >= 11 is 1.57. The lowest BCUT2D eigenvalue weighted by atomic mass is 10.0. The van der Waals surface area contributed by atoms with Crippen molar-refractivity contribution in [2.45, 2.75) is 57.8 Å². The molecule has 0 radical (unpaired) electrons. The van der Waals surface area contributed by atoms with Gasteiger partial charge in [-0.2, -0.15) is 0 Å². The Labute approximate surface area is 196 Å². The number of pyridine rings is 1. The number of nitrogens with one attached hydrogen (secondary N) is 3. The van der Waals surface area contributed by atoms with Gasteiger partial charge in [0.1, 0.15) is 12.0 Å². The van der Waals surface area contributed by atoms with Crippen molar-refractivity contribution in [3.05, 3.63) is 41.5 Å². The van der Waals surface area contributed by atoms with E-state index in [1.54, 1.807) is 11.3 Å². The summed E-state index contributed by atoms with van der Waals surface area (Å²) in [5.74, 6) is 0.660. The van der Waals surface area contributed by atoms with Gasteiger partial charge in [-0.15, -0.1) is 11.3 Å². The van der Waals surface area contributed by atoms with Crippen LogP contribution in [0.5, 0.6) is 0 Å². The van der Waals surface area contributed by atoms with Crippen LogP contribution in [0.3, 0.4) is 0 Å². The minimum Gasteiger partial charge on any atom is -0.387 e. The number of benzene rings is 1. The van der Waals surface area contributed by atoms with Gasteiger partial charge in [-0.1, -0.05) is 13.3 Å². The summed E-state index contributed by atoms with van der Waals surface area (Å²) in [5, 5.41) is 19.2. The predicted octanol–water partition coefficient (Wildman–Crippen LogP) is 4.87. The average Bonchev–Trinajstić information content (AvgIpc) is 3.39. The second kappa shape index (κ2) is 9.61. The van der Waals surface area contributed by atoms with Crippen LogP contribution in [0.4, 0.5) is 21.6 Å². The lowest BCUT2D eigenvalue weighted by molar-refractivity contribution is -0.00177. The van der Waals surface area contributed by atoms with Crippen molar-refractivity contribution in [1.29, 1.82) is 0 Å². The van der Waals surface area contributed by atoms with Crippen LogP contribution in [0.25, 0.3) is 10.2 Å². The van der Waals surface area contributed by atoms with Gasteiger partial charge in [0.05, 0.1) is 39.1 Å². The molecule has 0 saturated heterocycles. The Balaban J connectivity index is 1.56. The molecule has 3 atom stereocenters. The first-order chi connectivity index (χ1) is 15.7. The maximum absolute atomic E-state index is 14.1. The van der Waals surface area contributed by atoms with Gasteiger partial charge in [-0.3, -0.25) is 4.79 Å². The first kappa shape index (κ1) is 23.4. The van der Waals surface area contributed by atoms with Gasteiger partial charge >= 0.3 is 0 Å². The van der Waals surface area contributed by atoms with E-state index in [9.17, 15) is 14.3 Å². The van der Waals surface area contributed by atoms with Crippen LogP contribution in [0.1, 0.15) is 50.4 Å². The van der Waals surface area contributed by atoms with Gasteiger partial charge in [0.25, 0.3) is 5.91 Å². The SMILES string of the molecule is CC1CCCC1Nc1cc(Nc2ccc3ncsc3c2)ncc1C(=O)NCC(F)C(C)(C)O. The lowest BCUT2D eigenvalue weighted by Gasteiger charge is -2.24. The molecule has 1 aliphatic rings. The summed E-state index contributed by atoms with van der Waals surface area (Å²) in [5.41, 5.74) is 3.10. The highest BCUT2D eigenvalue weighted by Gasteiger charge is 2.28. The Morgan fingerprint density at radius 2 is 2.12 bits per heavy atom. The number of aromatic nitrogens is 2. The Morgan fingerprint density at radius 1 is 1.30 bits per heavy atom. The number of hydrogen-bond donors (Lipinski definition) is 4. The highest BCUT2D eigenvalue weighted by molar-refractivity contribution is 7.16. The van der Waals surface area contributed by atoms with Crippen molar-refractivity contribution in [2.75, 3.05) is 17.2 Å². The van der Waals surface area contributed by atoms with Crippen molar-refractivity contribution < 1.29 is 14.3 Å². The molecule has 33 heavy (non-hydrogen) atoms. The summed E-state index contributed by atoms with van der Waals surface area (Å²) in [6.45, 7) is 4.68. The van der Waals surface area contributed by atoms with Crippen LogP contribution in [0, 0.1) is 5.92 Å². The summed E-state index contributed by atoms with van der Waals surface area (Å²) in [6.07, 6.45) is 3.23. The Bertz CT molecular complexity index is 1130. The summed E-state index contributed by atoms with van der Waals surface area (Å²) < 4.78 is 15.2. The van der Waals surface area contributed by atoms with Crippen LogP contribution in [0.2, 0.25) is 0 Å². The number of thiazole rings is 1. The summed E-state index contributed by atoms with van der Waals surface area (Å²) in [4.78, 5) is 21.6. The fourth-order valence-electron chi connectivity index (χ4n) is 3.99. The molecule has 0 aliphatic heterocycles. The zero-order chi connectivity index (χ0) is 23.6. The normalized spacial score (nSPS) is 19.4. The first-order valence-corrected chi connectivity index (χ1v) is 12.1. The molecule has 0 spiro atoms. The zero-order valence-corrected chi connectivity index (χ0v) is 19.9. The van der Waals surface area contributed by atoms with Crippen LogP contribution < -0.4 is 16.0 Å². The number of carbonyl (C=O) groups excluding carboxylic acids is 1. The van der Waals surface area contributed by atoms with Gasteiger partial charge < -0.3 is 21.1 Å².